The maximum absolute atomic E-state index is 9.74. The first-order valence-electron chi connectivity index (χ1n) is 5.92. The number of phenols is 1. The maximum atomic E-state index is 9.74. The summed E-state index contributed by atoms with van der Waals surface area (Å²) in [6.45, 7) is 6.55. The molecule has 0 amide bonds. The fourth-order valence-corrected chi connectivity index (χ4v) is 2.19. The first-order chi connectivity index (χ1) is 7.09. The molecule has 0 radical (unpaired) electrons. The highest BCUT2D eigenvalue weighted by Crippen LogP contribution is 2.43. The Kier molecular flexibility index (Phi) is 2.72. The first kappa shape index (κ1) is 10.5. The number of aromatic hydroxyl groups is 1. The van der Waals surface area contributed by atoms with Crippen molar-refractivity contribution in [2.45, 2.75) is 45.4 Å². The fourth-order valence-electron chi connectivity index (χ4n) is 2.19. The SMILES string of the molecule is CC(C)c1cc(C(C)C2CC2)ccc1O. The van der Waals surface area contributed by atoms with Gasteiger partial charge >= 0.3 is 0 Å². The molecule has 1 aromatic carbocycles. The van der Waals surface area contributed by atoms with E-state index in [1.54, 1.807) is 0 Å². The van der Waals surface area contributed by atoms with Crippen LogP contribution in [0.4, 0.5) is 0 Å². The van der Waals surface area contributed by atoms with Crippen LogP contribution in [0.1, 0.15) is 56.6 Å². The lowest BCUT2D eigenvalue weighted by atomic mass is 9.91. The number of phenolic OH excluding ortho intramolecular Hbond substituents is 1. The molecule has 1 nitrogen and oxygen atoms in total. The topological polar surface area (TPSA) is 20.2 Å². The van der Waals surface area contributed by atoms with E-state index in [9.17, 15) is 5.11 Å². The molecule has 15 heavy (non-hydrogen) atoms. The highest BCUT2D eigenvalue weighted by atomic mass is 16.3. The molecule has 1 aliphatic carbocycles. The van der Waals surface area contributed by atoms with Crippen LogP contribution in [0.15, 0.2) is 18.2 Å². The van der Waals surface area contributed by atoms with E-state index in [0.29, 0.717) is 17.6 Å². The third-order valence-corrected chi connectivity index (χ3v) is 3.53. The smallest absolute Gasteiger partial charge is 0.119 e. The van der Waals surface area contributed by atoms with Crippen molar-refractivity contribution in [3.8, 4) is 5.75 Å². The minimum atomic E-state index is 0.399. The Bertz CT molecular complexity index is 350. The van der Waals surface area contributed by atoms with Gasteiger partial charge in [-0.2, -0.15) is 0 Å². The molecule has 1 N–H and O–H groups in total. The number of hydrogen-bond acceptors (Lipinski definition) is 1. The summed E-state index contributed by atoms with van der Waals surface area (Å²) in [7, 11) is 0. The normalized spacial score (nSPS) is 18.1. The summed E-state index contributed by atoms with van der Waals surface area (Å²) in [6, 6.07) is 6.11. The maximum Gasteiger partial charge on any atom is 0.119 e. The Morgan fingerprint density at radius 2 is 1.87 bits per heavy atom. The first-order valence-corrected chi connectivity index (χ1v) is 5.92. The van der Waals surface area contributed by atoms with E-state index in [1.807, 2.05) is 6.07 Å². The summed E-state index contributed by atoms with van der Waals surface area (Å²) in [5, 5.41) is 9.74. The molecule has 0 spiro atoms. The zero-order chi connectivity index (χ0) is 11.0. The van der Waals surface area contributed by atoms with Crippen molar-refractivity contribution >= 4 is 0 Å². The minimum absolute atomic E-state index is 0.399. The quantitative estimate of drug-likeness (QED) is 0.788. The third-order valence-electron chi connectivity index (χ3n) is 3.53. The summed E-state index contributed by atoms with van der Waals surface area (Å²) in [5.74, 6) is 2.38. The summed E-state index contributed by atoms with van der Waals surface area (Å²) < 4.78 is 0. The third kappa shape index (κ3) is 2.17. The second-order valence-electron chi connectivity index (χ2n) is 5.10. The van der Waals surface area contributed by atoms with E-state index >= 15 is 0 Å². The molecule has 1 aromatic rings. The summed E-state index contributed by atoms with van der Waals surface area (Å²) in [4.78, 5) is 0. The van der Waals surface area contributed by atoms with Crippen LogP contribution in [0, 0.1) is 5.92 Å². The van der Waals surface area contributed by atoms with Crippen molar-refractivity contribution in [3.05, 3.63) is 29.3 Å². The van der Waals surface area contributed by atoms with Crippen LogP contribution in [-0.2, 0) is 0 Å². The Balaban J connectivity index is 2.28. The Hall–Kier alpha value is -0.980. The highest BCUT2D eigenvalue weighted by Gasteiger charge is 2.29. The van der Waals surface area contributed by atoms with Crippen molar-refractivity contribution in [1.29, 1.82) is 0 Å². The average Bonchev–Trinajstić information content (AvgIpc) is 3.00. The van der Waals surface area contributed by atoms with Crippen molar-refractivity contribution in [3.63, 3.8) is 0 Å². The standard InChI is InChI=1S/C14H20O/c1-9(2)13-8-12(6-7-14(13)15)10(3)11-4-5-11/h6-11,15H,4-5H2,1-3H3. The lowest BCUT2D eigenvalue weighted by Crippen LogP contribution is -1.98. The Morgan fingerprint density at radius 3 is 2.40 bits per heavy atom. The number of hydrogen-bond donors (Lipinski definition) is 1. The van der Waals surface area contributed by atoms with Crippen LogP contribution >= 0.6 is 0 Å². The summed E-state index contributed by atoms with van der Waals surface area (Å²) in [6.07, 6.45) is 2.75. The van der Waals surface area contributed by atoms with E-state index < -0.39 is 0 Å². The van der Waals surface area contributed by atoms with Gasteiger partial charge in [0.05, 0.1) is 0 Å². The Morgan fingerprint density at radius 1 is 1.20 bits per heavy atom. The van der Waals surface area contributed by atoms with Crippen molar-refractivity contribution in [2.75, 3.05) is 0 Å². The molecule has 0 aliphatic heterocycles. The minimum Gasteiger partial charge on any atom is -0.508 e. The van der Waals surface area contributed by atoms with Crippen molar-refractivity contribution < 1.29 is 5.11 Å². The van der Waals surface area contributed by atoms with Crippen molar-refractivity contribution in [1.82, 2.24) is 0 Å². The molecule has 1 atom stereocenters. The highest BCUT2D eigenvalue weighted by molar-refractivity contribution is 5.39. The van der Waals surface area contributed by atoms with Gasteiger partial charge in [0.2, 0.25) is 0 Å². The van der Waals surface area contributed by atoms with E-state index in [-0.39, 0.29) is 0 Å². The summed E-state index contributed by atoms with van der Waals surface area (Å²) in [5.41, 5.74) is 2.47. The van der Waals surface area contributed by atoms with Crippen LogP contribution < -0.4 is 0 Å². The molecule has 0 aromatic heterocycles. The number of benzene rings is 1. The van der Waals surface area contributed by atoms with E-state index in [0.717, 1.165) is 11.5 Å². The molecular formula is C14H20O. The molecule has 1 saturated carbocycles. The molecule has 0 bridgehead atoms. The second-order valence-corrected chi connectivity index (χ2v) is 5.10. The summed E-state index contributed by atoms with van der Waals surface area (Å²) >= 11 is 0. The van der Waals surface area contributed by atoms with Crippen LogP contribution in [0.25, 0.3) is 0 Å². The zero-order valence-electron chi connectivity index (χ0n) is 9.83. The van der Waals surface area contributed by atoms with Gasteiger partial charge in [0.25, 0.3) is 0 Å². The van der Waals surface area contributed by atoms with Gasteiger partial charge in [-0.05, 0) is 47.8 Å². The van der Waals surface area contributed by atoms with Gasteiger partial charge in [-0.1, -0.05) is 32.9 Å². The monoisotopic (exact) mass is 204 g/mol. The van der Waals surface area contributed by atoms with Crippen LogP contribution in [0.3, 0.4) is 0 Å². The molecular weight excluding hydrogens is 184 g/mol. The molecule has 1 unspecified atom stereocenters. The zero-order valence-corrected chi connectivity index (χ0v) is 9.83. The van der Waals surface area contributed by atoms with Crippen LogP contribution in [-0.4, -0.2) is 5.11 Å². The molecule has 1 heteroatoms. The lowest BCUT2D eigenvalue weighted by molar-refractivity contribution is 0.464. The van der Waals surface area contributed by atoms with Gasteiger partial charge in [0.15, 0.2) is 0 Å². The van der Waals surface area contributed by atoms with E-state index in [4.69, 9.17) is 0 Å². The largest absolute Gasteiger partial charge is 0.508 e. The van der Waals surface area contributed by atoms with Gasteiger partial charge in [0, 0.05) is 0 Å². The number of rotatable bonds is 3. The fraction of sp³-hybridized carbons (Fsp3) is 0.571. The molecule has 2 rings (SSSR count). The average molecular weight is 204 g/mol. The molecule has 0 saturated heterocycles. The molecule has 1 fully saturated rings. The van der Waals surface area contributed by atoms with Gasteiger partial charge < -0.3 is 5.11 Å². The van der Waals surface area contributed by atoms with E-state index in [2.05, 4.69) is 32.9 Å². The van der Waals surface area contributed by atoms with Gasteiger partial charge in [-0.25, -0.2) is 0 Å². The predicted molar refractivity (Wildman–Crippen MR) is 63.3 cm³/mol. The molecule has 0 heterocycles. The van der Waals surface area contributed by atoms with Crippen LogP contribution in [0.2, 0.25) is 0 Å². The Labute approximate surface area is 92.1 Å². The van der Waals surface area contributed by atoms with Crippen molar-refractivity contribution in [2.24, 2.45) is 5.92 Å². The molecule has 1 aliphatic rings. The second kappa shape index (κ2) is 3.88. The van der Waals surface area contributed by atoms with Crippen LogP contribution in [0.5, 0.6) is 5.75 Å². The lowest BCUT2D eigenvalue weighted by Gasteiger charge is -2.15. The predicted octanol–water partition coefficient (Wildman–Crippen LogP) is 4.03. The van der Waals surface area contributed by atoms with Gasteiger partial charge in [-0.3, -0.25) is 0 Å². The van der Waals surface area contributed by atoms with Gasteiger partial charge in [0.1, 0.15) is 5.75 Å². The molecule has 82 valence electrons. The van der Waals surface area contributed by atoms with E-state index in [1.165, 1.54) is 18.4 Å². The van der Waals surface area contributed by atoms with Gasteiger partial charge in [-0.15, -0.1) is 0 Å².